The number of halogens is 1. The zero-order valence-corrected chi connectivity index (χ0v) is 22.5. The Labute approximate surface area is 232 Å². The molecule has 2 saturated heterocycles. The number of imide groups is 1. The Hall–Kier alpha value is -4.11. The van der Waals surface area contributed by atoms with Gasteiger partial charge in [-0.25, -0.2) is 4.90 Å². The van der Waals surface area contributed by atoms with Gasteiger partial charge in [0.1, 0.15) is 25.0 Å². The van der Waals surface area contributed by atoms with Crippen LogP contribution in [0.1, 0.15) is 27.5 Å². The summed E-state index contributed by atoms with van der Waals surface area (Å²) in [6, 6.07) is 16.7. The highest BCUT2D eigenvalue weighted by molar-refractivity contribution is 9.10. The third-order valence-electron chi connectivity index (χ3n) is 7.95. The van der Waals surface area contributed by atoms with Crippen LogP contribution < -0.4 is 19.1 Å². The number of nitrogens with zero attached hydrogens (tertiary/aromatic N) is 2. The highest BCUT2D eigenvalue weighted by Crippen LogP contribution is 2.54. The first-order chi connectivity index (χ1) is 19.0. The summed E-state index contributed by atoms with van der Waals surface area (Å²) in [5, 5.41) is 0. The van der Waals surface area contributed by atoms with Gasteiger partial charge >= 0.3 is 0 Å². The van der Waals surface area contributed by atoms with Crippen molar-refractivity contribution in [3.63, 3.8) is 0 Å². The summed E-state index contributed by atoms with van der Waals surface area (Å²) < 4.78 is 17.3. The predicted octanol–water partition coefficient (Wildman–Crippen LogP) is 4.63. The van der Waals surface area contributed by atoms with Crippen LogP contribution in [0, 0.1) is 11.8 Å². The largest absolute Gasteiger partial charge is 0.496 e. The van der Waals surface area contributed by atoms with E-state index in [1.165, 1.54) is 4.90 Å². The second-order valence-corrected chi connectivity index (χ2v) is 10.7. The standard InChI is InChI=1S/C30H23BrN2O6/c1-37-21-8-6-17(14-20(21)31)28(34)27-25-24(26-19-5-3-2-4-16(19)10-11-32(26)27)29(35)33(30(25)36)18-7-9-22-23(15-18)39-13-12-38-22/h2-11,14-15,24-27H,12-13H2,1H3/t24-,25+,26-,27-/m0/s1. The molecule has 4 heterocycles. The number of Topliss-reactive ketones (excluding diaryl/α,β-unsaturated/α-hetero) is 1. The maximum atomic E-state index is 14.1. The molecule has 0 saturated carbocycles. The Morgan fingerprint density at radius 3 is 2.51 bits per heavy atom. The second-order valence-electron chi connectivity index (χ2n) is 9.89. The SMILES string of the molecule is COc1ccc(C(=O)[C@@H]2[C@@H]3C(=O)N(c4ccc5c(c4)OCCO5)C(=O)[C@@H]3[C@@H]3c4ccccc4C=CN23)cc1Br. The molecule has 196 valence electrons. The summed E-state index contributed by atoms with van der Waals surface area (Å²) in [5.74, 6) is -0.893. The lowest BCUT2D eigenvalue weighted by Crippen LogP contribution is -2.44. The van der Waals surface area contributed by atoms with Gasteiger partial charge in [0.15, 0.2) is 17.3 Å². The highest BCUT2D eigenvalue weighted by Gasteiger charge is 2.64. The van der Waals surface area contributed by atoms with Gasteiger partial charge in [-0.2, -0.15) is 0 Å². The molecule has 2 amide bonds. The minimum atomic E-state index is -0.861. The number of anilines is 1. The fourth-order valence-electron chi connectivity index (χ4n) is 6.27. The van der Waals surface area contributed by atoms with Crippen LogP contribution in [-0.2, 0) is 9.59 Å². The third kappa shape index (κ3) is 3.52. The van der Waals surface area contributed by atoms with Crippen molar-refractivity contribution in [2.75, 3.05) is 25.2 Å². The first-order valence-corrected chi connectivity index (χ1v) is 13.5. The molecule has 0 aliphatic carbocycles. The summed E-state index contributed by atoms with van der Waals surface area (Å²) in [4.78, 5) is 45.5. The minimum absolute atomic E-state index is 0.231. The first-order valence-electron chi connectivity index (χ1n) is 12.7. The molecule has 0 bridgehead atoms. The number of hydrogen-bond acceptors (Lipinski definition) is 7. The van der Waals surface area contributed by atoms with Gasteiger partial charge in [0.05, 0.1) is 35.1 Å². The van der Waals surface area contributed by atoms with Gasteiger partial charge in [-0.05, 0) is 63.5 Å². The summed E-state index contributed by atoms with van der Waals surface area (Å²) in [7, 11) is 1.55. The van der Waals surface area contributed by atoms with Crippen molar-refractivity contribution in [2.24, 2.45) is 11.8 Å². The minimum Gasteiger partial charge on any atom is -0.496 e. The molecule has 0 aromatic heterocycles. The van der Waals surface area contributed by atoms with Crippen molar-refractivity contribution < 1.29 is 28.6 Å². The number of fused-ring (bicyclic) bond motifs is 6. The number of carbonyl (C=O) groups is 3. The van der Waals surface area contributed by atoms with E-state index in [0.29, 0.717) is 46.2 Å². The van der Waals surface area contributed by atoms with E-state index in [2.05, 4.69) is 15.9 Å². The van der Waals surface area contributed by atoms with Gasteiger partial charge in [0, 0.05) is 17.8 Å². The fourth-order valence-corrected chi connectivity index (χ4v) is 6.81. The Morgan fingerprint density at radius 2 is 1.72 bits per heavy atom. The lowest BCUT2D eigenvalue weighted by atomic mass is 9.83. The predicted molar refractivity (Wildman–Crippen MR) is 146 cm³/mol. The van der Waals surface area contributed by atoms with E-state index in [9.17, 15) is 14.4 Å². The van der Waals surface area contributed by atoms with E-state index in [1.54, 1.807) is 43.5 Å². The number of methoxy groups -OCH3 is 1. The molecule has 0 N–H and O–H groups in total. The Morgan fingerprint density at radius 1 is 0.949 bits per heavy atom. The number of benzene rings is 3. The van der Waals surface area contributed by atoms with Crippen LogP contribution in [-0.4, -0.2) is 48.9 Å². The maximum absolute atomic E-state index is 14.1. The lowest BCUT2D eigenvalue weighted by molar-refractivity contribution is -0.123. The normalized spacial score (nSPS) is 24.4. The van der Waals surface area contributed by atoms with Gasteiger partial charge in [0.2, 0.25) is 11.8 Å². The van der Waals surface area contributed by atoms with E-state index >= 15 is 0 Å². The van der Waals surface area contributed by atoms with Crippen LogP contribution >= 0.6 is 15.9 Å². The fraction of sp³-hybridized carbons (Fsp3) is 0.233. The van der Waals surface area contributed by atoms with Crippen LogP contribution in [0.5, 0.6) is 17.2 Å². The summed E-state index contributed by atoms with van der Waals surface area (Å²) in [6.45, 7) is 0.825. The Balaban J connectivity index is 1.34. The number of hydrogen-bond donors (Lipinski definition) is 0. The molecule has 4 atom stereocenters. The smallest absolute Gasteiger partial charge is 0.240 e. The van der Waals surface area contributed by atoms with E-state index < -0.39 is 29.8 Å². The molecule has 9 heteroatoms. The molecule has 3 aromatic carbocycles. The summed E-state index contributed by atoms with van der Waals surface area (Å²) >= 11 is 3.47. The van der Waals surface area contributed by atoms with E-state index in [1.807, 2.05) is 41.4 Å². The highest BCUT2D eigenvalue weighted by atomic mass is 79.9. The Kier molecular flexibility index (Phi) is 5.52. The van der Waals surface area contributed by atoms with Crippen LogP contribution in [0.15, 0.2) is 71.3 Å². The van der Waals surface area contributed by atoms with Crippen LogP contribution in [0.3, 0.4) is 0 Å². The molecule has 7 rings (SSSR count). The second kappa shape index (κ2) is 8.98. The van der Waals surface area contributed by atoms with E-state index in [0.717, 1.165) is 11.1 Å². The van der Waals surface area contributed by atoms with Crippen molar-refractivity contribution in [2.45, 2.75) is 12.1 Å². The molecule has 0 spiro atoms. The van der Waals surface area contributed by atoms with Crippen molar-refractivity contribution in [3.05, 3.63) is 88.0 Å². The molecule has 0 unspecified atom stereocenters. The van der Waals surface area contributed by atoms with E-state index in [-0.39, 0.29) is 11.7 Å². The van der Waals surface area contributed by atoms with Crippen molar-refractivity contribution >= 4 is 45.3 Å². The average Bonchev–Trinajstić information content (AvgIpc) is 3.44. The zero-order valence-electron chi connectivity index (χ0n) is 20.9. The number of ketones is 1. The van der Waals surface area contributed by atoms with Crippen molar-refractivity contribution in [1.82, 2.24) is 4.90 Å². The lowest BCUT2D eigenvalue weighted by Gasteiger charge is -2.35. The Bertz CT molecular complexity index is 1590. The maximum Gasteiger partial charge on any atom is 0.240 e. The van der Waals surface area contributed by atoms with Gasteiger partial charge in [-0.3, -0.25) is 14.4 Å². The van der Waals surface area contributed by atoms with Crippen LogP contribution in [0.2, 0.25) is 0 Å². The van der Waals surface area contributed by atoms with Gasteiger partial charge in [-0.1, -0.05) is 24.3 Å². The average molecular weight is 587 g/mol. The van der Waals surface area contributed by atoms with Crippen molar-refractivity contribution in [1.29, 1.82) is 0 Å². The third-order valence-corrected chi connectivity index (χ3v) is 8.57. The zero-order chi connectivity index (χ0) is 26.8. The molecule has 39 heavy (non-hydrogen) atoms. The number of amides is 2. The molecule has 4 aliphatic rings. The van der Waals surface area contributed by atoms with Crippen molar-refractivity contribution in [3.8, 4) is 17.2 Å². The quantitative estimate of drug-likeness (QED) is 0.325. The monoisotopic (exact) mass is 586 g/mol. The van der Waals surface area contributed by atoms with E-state index in [4.69, 9.17) is 14.2 Å². The van der Waals surface area contributed by atoms with Gasteiger partial charge < -0.3 is 19.1 Å². The number of rotatable bonds is 4. The summed E-state index contributed by atoms with van der Waals surface area (Å²) in [6.07, 6.45) is 3.78. The molecule has 2 fully saturated rings. The van der Waals surface area contributed by atoms with Crippen LogP contribution in [0.4, 0.5) is 5.69 Å². The number of carbonyl (C=O) groups excluding carboxylic acids is 3. The van der Waals surface area contributed by atoms with Gasteiger partial charge in [-0.15, -0.1) is 0 Å². The molecule has 4 aliphatic heterocycles. The molecular formula is C30H23BrN2O6. The van der Waals surface area contributed by atoms with Crippen LogP contribution in [0.25, 0.3) is 6.08 Å². The molecule has 3 aromatic rings. The molecular weight excluding hydrogens is 564 g/mol. The van der Waals surface area contributed by atoms with Gasteiger partial charge in [0.25, 0.3) is 0 Å². The molecule has 0 radical (unpaired) electrons. The first kappa shape index (κ1) is 24.0. The molecule has 8 nitrogen and oxygen atoms in total. The number of ether oxygens (including phenoxy) is 3. The topological polar surface area (TPSA) is 85.4 Å². The summed E-state index contributed by atoms with van der Waals surface area (Å²) in [5.41, 5.74) is 2.73.